The molecule has 3 nitrogen and oxygen atoms in total. The molecule has 3 heterocycles. The van der Waals surface area contributed by atoms with Gasteiger partial charge in [-0.2, -0.15) is 0 Å². The van der Waals surface area contributed by atoms with Crippen LogP contribution in [-0.4, -0.2) is 4.57 Å². The van der Waals surface area contributed by atoms with Gasteiger partial charge in [-0.1, -0.05) is 121 Å². The molecule has 0 radical (unpaired) electrons. The van der Waals surface area contributed by atoms with Crippen LogP contribution < -0.4 is 4.90 Å². The molecule has 0 N–H and O–H groups in total. The van der Waals surface area contributed by atoms with Crippen LogP contribution >= 0.6 is 11.3 Å². The van der Waals surface area contributed by atoms with E-state index in [4.69, 9.17) is 4.42 Å². The summed E-state index contributed by atoms with van der Waals surface area (Å²) < 4.78 is 11.6. The average Bonchev–Trinajstić information content (AvgIpc) is 4.00. The van der Waals surface area contributed by atoms with E-state index < -0.39 is 0 Å². The first kappa shape index (κ1) is 35.1. The van der Waals surface area contributed by atoms with Gasteiger partial charge < -0.3 is 13.9 Å². The minimum Gasteiger partial charge on any atom is -0.456 e. The van der Waals surface area contributed by atoms with Gasteiger partial charge in [0, 0.05) is 70.7 Å². The van der Waals surface area contributed by atoms with Gasteiger partial charge in [0.1, 0.15) is 11.2 Å². The summed E-state index contributed by atoms with van der Waals surface area (Å²) >= 11 is 1.85. The molecule has 0 unspecified atom stereocenters. The highest BCUT2D eigenvalue weighted by Crippen LogP contribution is 2.46. The Kier molecular flexibility index (Phi) is 7.91. The number of benzene rings is 9. The molecule has 0 amide bonds. The largest absolute Gasteiger partial charge is 0.456 e. The van der Waals surface area contributed by atoms with E-state index in [0.717, 1.165) is 57.4 Å². The molecule has 0 aliphatic heterocycles. The van der Waals surface area contributed by atoms with Crippen molar-refractivity contribution in [2.45, 2.75) is 12.8 Å². The van der Waals surface area contributed by atoms with Crippen molar-refractivity contribution in [1.82, 2.24) is 4.57 Å². The second-order valence-corrected chi connectivity index (χ2v) is 17.4. The van der Waals surface area contributed by atoms with Gasteiger partial charge in [0.15, 0.2) is 0 Å². The van der Waals surface area contributed by atoms with Gasteiger partial charge in [0.2, 0.25) is 0 Å². The number of allylic oxidation sites excluding steroid dienone is 1. The Bertz CT molecular complexity index is 3750. The lowest BCUT2D eigenvalue weighted by Crippen LogP contribution is -2.10. The van der Waals surface area contributed by atoms with E-state index in [0.29, 0.717) is 0 Å². The molecule has 1 aliphatic rings. The standard InChI is InChI=1S/C58H38N2OS/c1-2-13-37(14-3-1)44-20-12-22-52(60-51-21-9-6-17-45(51)49-33-39-15-4-5-16-40(39)34-53(49)60)58(44)38-25-27-41(28-26-38)59(42-30-32-57-50(35-42)48-19-8-11-24-56(48)62-57)43-29-31-47-46-18-7-10-23-54(46)61-55(47)36-43/h1-5,7-16,18-36H,6,17H2. The Balaban J connectivity index is 1.02. The fraction of sp³-hybridized carbons (Fsp3) is 0.0345. The lowest BCUT2D eigenvalue weighted by atomic mass is 9.92. The number of para-hydroxylation sites is 1. The number of thiophene rings is 1. The summed E-state index contributed by atoms with van der Waals surface area (Å²) in [7, 11) is 0. The monoisotopic (exact) mass is 810 g/mol. The zero-order valence-corrected chi connectivity index (χ0v) is 34.6. The number of rotatable bonds is 6. The van der Waals surface area contributed by atoms with Gasteiger partial charge in [-0.15, -0.1) is 11.3 Å². The number of nitrogens with zero attached hydrogens (tertiary/aromatic N) is 2. The topological polar surface area (TPSA) is 21.3 Å². The normalized spacial score (nSPS) is 12.6. The highest BCUT2D eigenvalue weighted by molar-refractivity contribution is 7.25. The Hall–Kier alpha value is -7.66. The van der Waals surface area contributed by atoms with Gasteiger partial charge in [0.25, 0.3) is 0 Å². The summed E-state index contributed by atoms with van der Waals surface area (Å²) in [6.07, 6.45) is 6.75. The van der Waals surface area contributed by atoms with Crippen molar-refractivity contribution in [3.63, 3.8) is 0 Å². The van der Waals surface area contributed by atoms with Crippen LogP contribution in [0.25, 0.3) is 97.8 Å². The third-order valence-electron chi connectivity index (χ3n) is 12.8. The van der Waals surface area contributed by atoms with Crippen molar-refractivity contribution >= 4 is 98.3 Å². The van der Waals surface area contributed by atoms with Crippen molar-refractivity contribution in [2.75, 3.05) is 4.90 Å². The minimum atomic E-state index is 0.873. The molecule has 292 valence electrons. The minimum absolute atomic E-state index is 0.873. The molecule has 0 saturated carbocycles. The molecule has 0 bridgehead atoms. The quantitative estimate of drug-likeness (QED) is 0.167. The van der Waals surface area contributed by atoms with Crippen LogP contribution in [0.1, 0.15) is 17.7 Å². The van der Waals surface area contributed by atoms with Crippen molar-refractivity contribution in [2.24, 2.45) is 0 Å². The van der Waals surface area contributed by atoms with Gasteiger partial charge in [-0.3, -0.25) is 0 Å². The molecule has 0 spiro atoms. The van der Waals surface area contributed by atoms with Crippen LogP contribution in [0.5, 0.6) is 0 Å². The Morgan fingerprint density at radius 3 is 2.08 bits per heavy atom. The van der Waals surface area contributed by atoms with Crippen LogP contribution in [0.15, 0.2) is 205 Å². The molecule has 9 aromatic carbocycles. The van der Waals surface area contributed by atoms with Crippen molar-refractivity contribution < 1.29 is 4.42 Å². The maximum Gasteiger partial charge on any atom is 0.137 e. The third-order valence-corrected chi connectivity index (χ3v) is 14.0. The molecule has 1 aliphatic carbocycles. The number of fused-ring (bicyclic) bond motifs is 10. The molecular formula is C58H38N2OS. The zero-order valence-electron chi connectivity index (χ0n) is 33.8. The summed E-state index contributed by atoms with van der Waals surface area (Å²) in [6.45, 7) is 0. The van der Waals surface area contributed by atoms with E-state index in [1.165, 1.54) is 75.5 Å². The molecule has 0 atom stereocenters. The van der Waals surface area contributed by atoms with E-state index in [2.05, 4.69) is 204 Å². The van der Waals surface area contributed by atoms with E-state index in [1.54, 1.807) is 0 Å². The van der Waals surface area contributed by atoms with E-state index in [1.807, 2.05) is 23.5 Å². The van der Waals surface area contributed by atoms with Crippen LogP contribution in [0.3, 0.4) is 0 Å². The zero-order chi connectivity index (χ0) is 40.7. The molecule has 4 heteroatoms. The summed E-state index contributed by atoms with van der Waals surface area (Å²) in [5, 5.41) is 8.65. The Labute approximate surface area is 362 Å². The number of aryl methyl sites for hydroxylation is 1. The SMILES string of the molecule is C1=Cc2c(c3cc4ccccc4cc3n2-c2cccc(-c3ccccc3)c2-c2ccc(N(c3ccc4c(c3)oc3ccccc34)c3ccc4sc5ccccc5c4c3)cc2)CC1. The van der Waals surface area contributed by atoms with Gasteiger partial charge in [-0.25, -0.2) is 0 Å². The maximum absolute atomic E-state index is 6.47. The average molecular weight is 811 g/mol. The number of furan rings is 1. The fourth-order valence-corrected chi connectivity index (χ4v) is 11.1. The lowest BCUT2D eigenvalue weighted by Gasteiger charge is -2.26. The van der Waals surface area contributed by atoms with Gasteiger partial charge >= 0.3 is 0 Å². The Morgan fingerprint density at radius 2 is 1.19 bits per heavy atom. The smallest absolute Gasteiger partial charge is 0.137 e. The summed E-state index contributed by atoms with van der Waals surface area (Å²) in [4.78, 5) is 2.37. The molecule has 13 rings (SSSR count). The summed E-state index contributed by atoms with van der Waals surface area (Å²) in [6, 6.07) is 70.9. The molecule has 0 fully saturated rings. The van der Waals surface area contributed by atoms with Crippen LogP contribution in [0.2, 0.25) is 0 Å². The summed E-state index contributed by atoms with van der Waals surface area (Å²) in [5.41, 5.74) is 14.8. The van der Waals surface area contributed by atoms with Crippen molar-refractivity contribution in [3.05, 3.63) is 211 Å². The first-order chi connectivity index (χ1) is 30.7. The number of hydrogen-bond acceptors (Lipinski definition) is 3. The Morgan fingerprint density at radius 1 is 0.484 bits per heavy atom. The molecule has 62 heavy (non-hydrogen) atoms. The van der Waals surface area contributed by atoms with Gasteiger partial charge in [0.05, 0.1) is 11.2 Å². The molecular weight excluding hydrogens is 773 g/mol. The molecule has 0 saturated heterocycles. The van der Waals surface area contributed by atoms with E-state index in [-0.39, 0.29) is 0 Å². The predicted molar refractivity (Wildman–Crippen MR) is 264 cm³/mol. The molecule has 3 aromatic heterocycles. The molecule has 12 aromatic rings. The van der Waals surface area contributed by atoms with Crippen LogP contribution in [0.4, 0.5) is 17.1 Å². The van der Waals surface area contributed by atoms with Crippen LogP contribution in [0, 0.1) is 0 Å². The second kappa shape index (κ2) is 14.0. The highest BCUT2D eigenvalue weighted by Gasteiger charge is 2.24. The highest BCUT2D eigenvalue weighted by atomic mass is 32.1. The van der Waals surface area contributed by atoms with Crippen molar-refractivity contribution in [3.8, 4) is 27.9 Å². The second-order valence-electron chi connectivity index (χ2n) is 16.4. The van der Waals surface area contributed by atoms with E-state index >= 15 is 0 Å². The van der Waals surface area contributed by atoms with E-state index in [9.17, 15) is 0 Å². The predicted octanol–water partition coefficient (Wildman–Crippen LogP) is 16.8. The number of aromatic nitrogens is 1. The number of hydrogen-bond donors (Lipinski definition) is 0. The lowest BCUT2D eigenvalue weighted by molar-refractivity contribution is 0.669. The first-order valence-electron chi connectivity index (χ1n) is 21.4. The van der Waals surface area contributed by atoms with Crippen LogP contribution in [-0.2, 0) is 6.42 Å². The maximum atomic E-state index is 6.47. The number of anilines is 3. The first-order valence-corrected chi connectivity index (χ1v) is 22.2. The van der Waals surface area contributed by atoms with Gasteiger partial charge in [-0.05, 0) is 125 Å². The summed E-state index contributed by atoms with van der Waals surface area (Å²) in [5.74, 6) is 0. The third kappa shape index (κ3) is 5.50. The van der Waals surface area contributed by atoms with Crippen molar-refractivity contribution in [1.29, 1.82) is 0 Å². The fourth-order valence-electron chi connectivity index (χ4n) is 10.00.